The van der Waals surface area contributed by atoms with Crippen LogP contribution >= 0.6 is 0 Å². The number of amides is 2. The summed E-state index contributed by atoms with van der Waals surface area (Å²) in [7, 11) is 1.59. The van der Waals surface area contributed by atoms with Crippen molar-refractivity contribution in [3.8, 4) is 5.75 Å². The molecule has 0 bridgehead atoms. The van der Waals surface area contributed by atoms with Crippen LogP contribution in [0.3, 0.4) is 0 Å². The van der Waals surface area contributed by atoms with Crippen LogP contribution in [0.5, 0.6) is 5.75 Å². The number of rotatable bonds is 6. The maximum atomic E-state index is 12.6. The van der Waals surface area contributed by atoms with Gasteiger partial charge >= 0.3 is 0 Å². The van der Waals surface area contributed by atoms with E-state index in [0.29, 0.717) is 18.0 Å². The van der Waals surface area contributed by atoms with Gasteiger partial charge in [0.05, 0.1) is 12.8 Å². The van der Waals surface area contributed by atoms with E-state index < -0.39 is 0 Å². The number of hydrogen-bond donors (Lipinski definition) is 2. The predicted molar refractivity (Wildman–Crippen MR) is 110 cm³/mol. The summed E-state index contributed by atoms with van der Waals surface area (Å²) in [5.41, 5.74) is 2.99. The number of anilines is 1. The minimum atomic E-state index is -0.0641. The molecule has 1 saturated carbocycles. The highest BCUT2D eigenvalue weighted by molar-refractivity contribution is 5.94. The lowest BCUT2D eigenvalue weighted by molar-refractivity contribution is -0.128. The summed E-state index contributed by atoms with van der Waals surface area (Å²) in [5, 5.41) is 6.00. The largest absolute Gasteiger partial charge is 0.495 e. The third-order valence-corrected chi connectivity index (χ3v) is 5.38. The van der Waals surface area contributed by atoms with Gasteiger partial charge in [0.25, 0.3) is 0 Å². The Balaban J connectivity index is 1.47. The first kappa shape index (κ1) is 19.9. The molecule has 0 aromatic heterocycles. The molecule has 2 amide bonds. The Morgan fingerprint density at radius 3 is 2.32 bits per heavy atom. The van der Waals surface area contributed by atoms with Crippen LogP contribution in [0.1, 0.15) is 36.8 Å². The third kappa shape index (κ3) is 5.12. The quantitative estimate of drug-likeness (QED) is 0.794. The van der Waals surface area contributed by atoms with Gasteiger partial charge in [0, 0.05) is 18.4 Å². The van der Waals surface area contributed by atoms with Crippen molar-refractivity contribution in [2.45, 2.75) is 39.2 Å². The van der Waals surface area contributed by atoms with Gasteiger partial charge in [-0.3, -0.25) is 9.59 Å². The molecule has 1 fully saturated rings. The lowest BCUT2D eigenvalue weighted by Gasteiger charge is -2.27. The van der Waals surface area contributed by atoms with Gasteiger partial charge in [-0.1, -0.05) is 42.0 Å². The Hall–Kier alpha value is -2.82. The molecule has 0 saturated heterocycles. The van der Waals surface area contributed by atoms with Crippen LogP contribution in [-0.2, 0) is 16.1 Å². The van der Waals surface area contributed by atoms with Crippen LogP contribution < -0.4 is 15.4 Å². The first-order valence-corrected chi connectivity index (χ1v) is 9.84. The van der Waals surface area contributed by atoms with Crippen molar-refractivity contribution in [3.63, 3.8) is 0 Å². The normalized spacial score (nSPS) is 18.9. The molecule has 2 N–H and O–H groups in total. The van der Waals surface area contributed by atoms with E-state index in [2.05, 4.69) is 16.7 Å². The number of methoxy groups -OCH3 is 1. The van der Waals surface area contributed by atoms with Crippen LogP contribution in [0.4, 0.5) is 5.69 Å². The number of benzene rings is 2. The van der Waals surface area contributed by atoms with Gasteiger partial charge < -0.3 is 15.4 Å². The summed E-state index contributed by atoms with van der Waals surface area (Å²) in [6.07, 6.45) is 2.93. The highest BCUT2D eigenvalue weighted by atomic mass is 16.5. The minimum Gasteiger partial charge on any atom is -0.495 e. The van der Waals surface area contributed by atoms with E-state index in [-0.39, 0.29) is 23.7 Å². The molecule has 3 rings (SSSR count). The topological polar surface area (TPSA) is 67.4 Å². The van der Waals surface area contributed by atoms with E-state index in [0.717, 1.165) is 31.2 Å². The van der Waals surface area contributed by atoms with Crippen molar-refractivity contribution in [1.82, 2.24) is 5.32 Å². The second-order valence-corrected chi connectivity index (χ2v) is 7.44. The van der Waals surface area contributed by atoms with Crippen LogP contribution in [0, 0.1) is 18.8 Å². The van der Waals surface area contributed by atoms with E-state index >= 15 is 0 Å². The lowest BCUT2D eigenvalue weighted by atomic mass is 9.81. The molecule has 0 spiro atoms. The zero-order valence-electron chi connectivity index (χ0n) is 16.5. The summed E-state index contributed by atoms with van der Waals surface area (Å²) in [6, 6.07) is 15.5. The van der Waals surface area contributed by atoms with Crippen molar-refractivity contribution < 1.29 is 14.3 Å². The van der Waals surface area contributed by atoms with Crippen LogP contribution in [0.15, 0.2) is 48.5 Å². The monoisotopic (exact) mass is 380 g/mol. The SMILES string of the molecule is COc1ccccc1NC(=O)C1CCC(C(=O)NCc2cccc(C)c2)CC1. The molecule has 5 nitrogen and oxygen atoms in total. The van der Waals surface area contributed by atoms with Crippen molar-refractivity contribution in [3.05, 3.63) is 59.7 Å². The molecular formula is C23H28N2O3. The van der Waals surface area contributed by atoms with E-state index in [1.807, 2.05) is 49.4 Å². The molecule has 0 atom stereocenters. The Morgan fingerprint density at radius 1 is 0.964 bits per heavy atom. The Bertz CT molecular complexity index is 826. The second-order valence-electron chi connectivity index (χ2n) is 7.44. The van der Waals surface area contributed by atoms with E-state index in [9.17, 15) is 9.59 Å². The Labute approximate surface area is 166 Å². The van der Waals surface area contributed by atoms with Gasteiger partial charge in [0.2, 0.25) is 11.8 Å². The minimum absolute atomic E-state index is 0.00289. The zero-order valence-corrected chi connectivity index (χ0v) is 16.5. The summed E-state index contributed by atoms with van der Waals surface area (Å²) in [4.78, 5) is 25.1. The van der Waals surface area contributed by atoms with Gasteiger partial charge in [-0.15, -0.1) is 0 Å². The smallest absolute Gasteiger partial charge is 0.227 e. The number of ether oxygens (including phenoxy) is 1. The summed E-state index contributed by atoms with van der Waals surface area (Å²) < 4.78 is 5.29. The zero-order chi connectivity index (χ0) is 19.9. The fraction of sp³-hybridized carbons (Fsp3) is 0.391. The standard InChI is InChI=1S/C23H28N2O3/c1-16-6-5-7-17(14-16)15-24-22(26)18-10-12-19(13-11-18)23(27)25-20-8-3-4-9-21(20)28-2/h3-9,14,18-19H,10-13,15H2,1-2H3,(H,24,26)(H,25,27). The molecule has 1 aliphatic rings. The van der Waals surface area contributed by atoms with Crippen molar-refractivity contribution in [2.75, 3.05) is 12.4 Å². The lowest BCUT2D eigenvalue weighted by Crippen LogP contribution is -2.35. The molecule has 1 aliphatic carbocycles. The fourth-order valence-electron chi connectivity index (χ4n) is 3.76. The highest BCUT2D eigenvalue weighted by Gasteiger charge is 2.30. The van der Waals surface area contributed by atoms with Gasteiger partial charge in [-0.05, 0) is 50.3 Å². The molecule has 148 valence electrons. The van der Waals surface area contributed by atoms with Gasteiger partial charge in [0.1, 0.15) is 5.75 Å². The Kier molecular flexibility index (Phi) is 6.69. The molecule has 2 aromatic carbocycles. The van der Waals surface area contributed by atoms with E-state index in [1.165, 1.54) is 5.56 Å². The average molecular weight is 380 g/mol. The van der Waals surface area contributed by atoms with Gasteiger partial charge in [0.15, 0.2) is 0 Å². The van der Waals surface area contributed by atoms with Crippen molar-refractivity contribution in [2.24, 2.45) is 11.8 Å². The summed E-state index contributed by atoms with van der Waals surface area (Å²) in [5.74, 6) is 0.666. The van der Waals surface area contributed by atoms with E-state index in [4.69, 9.17) is 4.74 Å². The Morgan fingerprint density at radius 2 is 1.64 bits per heavy atom. The molecule has 2 aromatic rings. The number of nitrogens with one attached hydrogen (secondary N) is 2. The van der Waals surface area contributed by atoms with Gasteiger partial charge in [-0.2, -0.15) is 0 Å². The molecule has 0 unspecified atom stereocenters. The average Bonchev–Trinajstić information content (AvgIpc) is 2.72. The summed E-state index contributed by atoms with van der Waals surface area (Å²) >= 11 is 0. The number of para-hydroxylation sites is 2. The second kappa shape index (κ2) is 9.40. The number of carbonyl (C=O) groups excluding carboxylic acids is 2. The van der Waals surface area contributed by atoms with Crippen molar-refractivity contribution >= 4 is 17.5 Å². The number of hydrogen-bond acceptors (Lipinski definition) is 3. The highest BCUT2D eigenvalue weighted by Crippen LogP contribution is 2.31. The number of carbonyl (C=O) groups is 2. The van der Waals surface area contributed by atoms with Crippen LogP contribution in [-0.4, -0.2) is 18.9 Å². The molecule has 0 aliphatic heterocycles. The number of aryl methyl sites for hydroxylation is 1. The maximum Gasteiger partial charge on any atom is 0.227 e. The van der Waals surface area contributed by atoms with Crippen LogP contribution in [0.2, 0.25) is 0 Å². The summed E-state index contributed by atoms with van der Waals surface area (Å²) in [6.45, 7) is 2.59. The first-order chi connectivity index (χ1) is 13.6. The predicted octanol–water partition coefficient (Wildman–Crippen LogP) is 4.06. The maximum absolute atomic E-state index is 12.6. The third-order valence-electron chi connectivity index (χ3n) is 5.38. The molecule has 0 radical (unpaired) electrons. The molecular weight excluding hydrogens is 352 g/mol. The first-order valence-electron chi connectivity index (χ1n) is 9.84. The molecule has 5 heteroatoms. The fourth-order valence-corrected chi connectivity index (χ4v) is 3.76. The van der Waals surface area contributed by atoms with Crippen molar-refractivity contribution in [1.29, 1.82) is 0 Å². The van der Waals surface area contributed by atoms with E-state index in [1.54, 1.807) is 7.11 Å². The molecule has 28 heavy (non-hydrogen) atoms. The molecule has 0 heterocycles. The van der Waals surface area contributed by atoms with Gasteiger partial charge in [-0.25, -0.2) is 0 Å². The van der Waals surface area contributed by atoms with Crippen LogP contribution in [0.25, 0.3) is 0 Å².